The summed E-state index contributed by atoms with van der Waals surface area (Å²) in [6.07, 6.45) is 2.56. The van der Waals surface area contributed by atoms with Crippen LogP contribution in [0.1, 0.15) is 51.7 Å². The molecule has 0 aliphatic carbocycles. The van der Waals surface area contributed by atoms with Crippen molar-refractivity contribution in [1.29, 1.82) is 0 Å². The van der Waals surface area contributed by atoms with E-state index in [9.17, 15) is 0 Å². The molecule has 0 saturated carbocycles. The molecule has 0 atom stereocenters. The Morgan fingerprint density at radius 1 is 1.05 bits per heavy atom. The molecule has 1 aliphatic rings. The summed E-state index contributed by atoms with van der Waals surface area (Å²) in [6, 6.07) is 8.92. The van der Waals surface area contributed by atoms with E-state index in [0.29, 0.717) is 0 Å². The third kappa shape index (κ3) is 3.80. The molecule has 0 amide bonds. The smallest absolute Gasteiger partial charge is 0.0517 e. The van der Waals surface area contributed by atoms with Crippen molar-refractivity contribution in [3.63, 3.8) is 0 Å². The number of hydrogen-bond acceptors (Lipinski definition) is 2. The third-order valence-corrected chi connectivity index (χ3v) is 4.02. The fraction of sp³-hybridized carbons (Fsp3) is 0.647. The Labute approximate surface area is 118 Å². The molecule has 0 fully saturated rings. The van der Waals surface area contributed by atoms with Crippen LogP contribution in [0.2, 0.25) is 0 Å². The summed E-state index contributed by atoms with van der Waals surface area (Å²) in [4.78, 5) is 5.19. The van der Waals surface area contributed by atoms with Gasteiger partial charge in [-0.25, -0.2) is 0 Å². The van der Waals surface area contributed by atoms with Gasteiger partial charge < -0.3 is 0 Å². The van der Waals surface area contributed by atoms with Gasteiger partial charge >= 0.3 is 0 Å². The summed E-state index contributed by atoms with van der Waals surface area (Å²) in [5.41, 5.74) is 3.23. The van der Waals surface area contributed by atoms with Crippen LogP contribution in [0, 0.1) is 0 Å². The zero-order valence-electron chi connectivity index (χ0n) is 12.9. The molecule has 1 aromatic carbocycles. The van der Waals surface area contributed by atoms with Crippen molar-refractivity contribution < 1.29 is 0 Å². The molecule has 106 valence electrons. The highest BCUT2D eigenvalue weighted by Gasteiger charge is 2.27. The molecular weight excluding hydrogens is 232 g/mol. The van der Waals surface area contributed by atoms with Crippen LogP contribution in [0.25, 0.3) is 0 Å². The van der Waals surface area contributed by atoms with Gasteiger partial charge in [-0.3, -0.25) is 9.80 Å². The SMILES string of the molecule is CCCCN1Cc2ccccc2CN(C(C)(C)C)C1. The number of unbranched alkanes of at least 4 members (excludes halogenated alkanes) is 1. The van der Waals surface area contributed by atoms with E-state index >= 15 is 0 Å². The minimum Gasteiger partial charge on any atom is -0.286 e. The van der Waals surface area contributed by atoms with Gasteiger partial charge in [-0.05, 0) is 44.9 Å². The van der Waals surface area contributed by atoms with Crippen molar-refractivity contribution in [3.05, 3.63) is 35.4 Å². The minimum atomic E-state index is 0.224. The van der Waals surface area contributed by atoms with Crippen molar-refractivity contribution in [3.8, 4) is 0 Å². The monoisotopic (exact) mass is 260 g/mol. The Morgan fingerprint density at radius 3 is 2.26 bits per heavy atom. The van der Waals surface area contributed by atoms with E-state index < -0.39 is 0 Å². The first kappa shape index (κ1) is 14.5. The van der Waals surface area contributed by atoms with Crippen molar-refractivity contribution in [2.75, 3.05) is 13.2 Å². The maximum absolute atomic E-state index is 2.60. The number of fused-ring (bicyclic) bond motifs is 1. The fourth-order valence-corrected chi connectivity index (χ4v) is 2.63. The first-order valence-electron chi connectivity index (χ1n) is 7.55. The van der Waals surface area contributed by atoms with E-state index in [-0.39, 0.29) is 5.54 Å². The maximum Gasteiger partial charge on any atom is 0.0517 e. The highest BCUT2D eigenvalue weighted by atomic mass is 15.3. The molecule has 2 heteroatoms. The predicted octanol–water partition coefficient (Wildman–Crippen LogP) is 3.86. The molecule has 0 N–H and O–H groups in total. The standard InChI is InChI=1S/C17H28N2/c1-5-6-11-18-12-15-9-7-8-10-16(15)13-19(14-18)17(2,3)4/h7-10H,5-6,11-14H2,1-4H3. The van der Waals surface area contributed by atoms with Gasteiger partial charge in [0.05, 0.1) is 6.67 Å². The Morgan fingerprint density at radius 2 is 1.68 bits per heavy atom. The van der Waals surface area contributed by atoms with Crippen LogP contribution < -0.4 is 0 Å². The normalized spacial score (nSPS) is 18.1. The average Bonchev–Trinajstić information content (AvgIpc) is 2.54. The van der Waals surface area contributed by atoms with Gasteiger partial charge in [-0.2, -0.15) is 0 Å². The first-order valence-corrected chi connectivity index (χ1v) is 7.55. The molecule has 0 radical (unpaired) electrons. The minimum absolute atomic E-state index is 0.224. The number of benzene rings is 1. The van der Waals surface area contributed by atoms with E-state index in [2.05, 4.69) is 61.8 Å². The van der Waals surface area contributed by atoms with Crippen LogP contribution in [-0.4, -0.2) is 28.6 Å². The van der Waals surface area contributed by atoms with Crippen LogP contribution in [0.5, 0.6) is 0 Å². The molecule has 0 bridgehead atoms. The lowest BCUT2D eigenvalue weighted by Crippen LogP contribution is -2.46. The topological polar surface area (TPSA) is 6.48 Å². The van der Waals surface area contributed by atoms with E-state index in [0.717, 1.165) is 19.8 Å². The maximum atomic E-state index is 2.60. The van der Waals surface area contributed by atoms with Crippen LogP contribution in [-0.2, 0) is 13.1 Å². The first-order chi connectivity index (χ1) is 9.00. The second-order valence-electron chi connectivity index (χ2n) is 6.68. The Kier molecular flexibility index (Phi) is 4.64. The number of nitrogens with zero attached hydrogens (tertiary/aromatic N) is 2. The highest BCUT2D eigenvalue weighted by Crippen LogP contribution is 2.24. The molecule has 2 rings (SSSR count). The largest absolute Gasteiger partial charge is 0.286 e. The van der Waals surface area contributed by atoms with Crippen molar-refractivity contribution in [1.82, 2.24) is 9.80 Å². The molecule has 0 saturated heterocycles. The summed E-state index contributed by atoms with van der Waals surface area (Å²) in [7, 11) is 0. The van der Waals surface area contributed by atoms with E-state index in [4.69, 9.17) is 0 Å². The molecule has 19 heavy (non-hydrogen) atoms. The number of hydrogen-bond donors (Lipinski definition) is 0. The highest BCUT2D eigenvalue weighted by molar-refractivity contribution is 5.28. The summed E-state index contributed by atoms with van der Waals surface area (Å²) in [5.74, 6) is 0. The molecule has 1 heterocycles. The molecule has 2 nitrogen and oxygen atoms in total. The van der Waals surface area contributed by atoms with Crippen molar-refractivity contribution >= 4 is 0 Å². The summed E-state index contributed by atoms with van der Waals surface area (Å²) in [5, 5.41) is 0. The van der Waals surface area contributed by atoms with Gasteiger partial charge in [0.2, 0.25) is 0 Å². The van der Waals surface area contributed by atoms with Gasteiger partial charge in [0.25, 0.3) is 0 Å². The van der Waals surface area contributed by atoms with E-state index in [1.54, 1.807) is 0 Å². The molecule has 0 unspecified atom stereocenters. The zero-order valence-corrected chi connectivity index (χ0v) is 12.9. The lowest BCUT2D eigenvalue weighted by Gasteiger charge is -2.37. The van der Waals surface area contributed by atoms with E-state index in [1.165, 1.54) is 30.5 Å². The summed E-state index contributed by atoms with van der Waals surface area (Å²) in [6.45, 7) is 13.7. The molecule has 1 aromatic rings. The quantitative estimate of drug-likeness (QED) is 0.814. The van der Waals surface area contributed by atoms with Gasteiger partial charge in [-0.15, -0.1) is 0 Å². The lowest BCUT2D eigenvalue weighted by atomic mass is 10.0. The number of rotatable bonds is 3. The Balaban J connectivity index is 2.22. The van der Waals surface area contributed by atoms with E-state index in [1.807, 2.05) is 0 Å². The Hall–Kier alpha value is -0.860. The second kappa shape index (κ2) is 6.06. The van der Waals surface area contributed by atoms with Gasteiger partial charge in [0, 0.05) is 18.6 Å². The van der Waals surface area contributed by atoms with Crippen LogP contribution in [0.3, 0.4) is 0 Å². The summed E-state index contributed by atoms with van der Waals surface area (Å²) >= 11 is 0. The van der Waals surface area contributed by atoms with Gasteiger partial charge in [-0.1, -0.05) is 37.6 Å². The average molecular weight is 260 g/mol. The van der Waals surface area contributed by atoms with Crippen LogP contribution in [0.15, 0.2) is 24.3 Å². The van der Waals surface area contributed by atoms with Crippen LogP contribution in [0.4, 0.5) is 0 Å². The third-order valence-electron chi connectivity index (χ3n) is 4.02. The second-order valence-corrected chi connectivity index (χ2v) is 6.68. The van der Waals surface area contributed by atoms with Gasteiger partial charge in [0.15, 0.2) is 0 Å². The Bertz CT molecular complexity index is 406. The van der Waals surface area contributed by atoms with Crippen molar-refractivity contribution in [2.45, 2.75) is 59.2 Å². The van der Waals surface area contributed by atoms with Gasteiger partial charge in [0.1, 0.15) is 0 Å². The zero-order chi connectivity index (χ0) is 13.9. The summed E-state index contributed by atoms with van der Waals surface area (Å²) < 4.78 is 0. The van der Waals surface area contributed by atoms with Crippen molar-refractivity contribution in [2.24, 2.45) is 0 Å². The van der Waals surface area contributed by atoms with Crippen LogP contribution >= 0.6 is 0 Å². The molecule has 0 spiro atoms. The molecule has 0 aromatic heterocycles. The molecule has 1 aliphatic heterocycles. The lowest BCUT2D eigenvalue weighted by molar-refractivity contribution is 0.0530. The fourth-order valence-electron chi connectivity index (χ4n) is 2.63. The molecular formula is C17H28N2. The predicted molar refractivity (Wildman–Crippen MR) is 81.9 cm³/mol.